The fourth-order valence-corrected chi connectivity index (χ4v) is 2.57. The van der Waals surface area contributed by atoms with Crippen LogP contribution in [0.25, 0.3) is 0 Å². The maximum absolute atomic E-state index is 9.55. The van der Waals surface area contributed by atoms with Crippen LogP contribution in [0.2, 0.25) is 0 Å². The molecule has 0 bridgehead atoms. The van der Waals surface area contributed by atoms with Crippen molar-refractivity contribution in [2.45, 2.75) is 60.4 Å². The molecule has 1 aromatic heterocycles. The van der Waals surface area contributed by atoms with Crippen LogP contribution < -0.4 is 10.6 Å². The van der Waals surface area contributed by atoms with Crippen molar-refractivity contribution in [1.29, 1.82) is 0 Å². The average Bonchev–Trinajstić information content (AvgIpc) is 2.79. The first-order valence-electron chi connectivity index (χ1n) is 8.91. The predicted octanol–water partition coefficient (Wildman–Crippen LogP) is 1.93. The lowest BCUT2D eigenvalue weighted by Crippen LogP contribution is -2.44. The van der Waals surface area contributed by atoms with Gasteiger partial charge in [-0.05, 0) is 46.1 Å². The van der Waals surface area contributed by atoms with Crippen molar-refractivity contribution in [2.75, 3.05) is 19.7 Å². The van der Waals surface area contributed by atoms with E-state index in [0.717, 1.165) is 31.0 Å². The summed E-state index contributed by atoms with van der Waals surface area (Å²) in [6, 6.07) is 0.242. The second kappa shape index (κ2) is 9.06. The smallest absolute Gasteiger partial charge is 0.191 e. The third-order valence-corrected chi connectivity index (χ3v) is 4.75. The van der Waals surface area contributed by atoms with Gasteiger partial charge in [-0.25, -0.2) is 0 Å². The highest BCUT2D eigenvalue weighted by Gasteiger charge is 2.21. The zero-order valence-electron chi connectivity index (χ0n) is 16.4. The monoisotopic (exact) mass is 337 g/mol. The van der Waals surface area contributed by atoms with Crippen molar-refractivity contribution in [1.82, 2.24) is 20.4 Å². The SMILES string of the molecule is CCNC(=NCC(C)(CC)CO)NC(C)Cc1c(C)nn(C)c1C. The van der Waals surface area contributed by atoms with Gasteiger partial charge in [0.15, 0.2) is 5.96 Å². The van der Waals surface area contributed by atoms with E-state index in [9.17, 15) is 5.11 Å². The van der Waals surface area contributed by atoms with E-state index in [4.69, 9.17) is 0 Å². The van der Waals surface area contributed by atoms with Gasteiger partial charge in [-0.15, -0.1) is 0 Å². The lowest BCUT2D eigenvalue weighted by Gasteiger charge is -2.24. The topological polar surface area (TPSA) is 74.5 Å². The van der Waals surface area contributed by atoms with Gasteiger partial charge in [-0.3, -0.25) is 9.67 Å². The molecule has 2 atom stereocenters. The highest BCUT2D eigenvalue weighted by molar-refractivity contribution is 5.80. The first kappa shape index (κ1) is 20.5. The summed E-state index contributed by atoms with van der Waals surface area (Å²) in [7, 11) is 1.98. The number of aliphatic imine (C=N–C) groups is 1. The molecule has 3 N–H and O–H groups in total. The molecule has 1 heterocycles. The van der Waals surface area contributed by atoms with E-state index in [2.05, 4.69) is 62.3 Å². The Labute approximate surface area is 146 Å². The summed E-state index contributed by atoms with van der Waals surface area (Å²) in [5.74, 6) is 0.803. The van der Waals surface area contributed by atoms with Crippen LogP contribution in [0.3, 0.4) is 0 Å². The van der Waals surface area contributed by atoms with Gasteiger partial charge in [0, 0.05) is 30.7 Å². The maximum atomic E-state index is 9.55. The van der Waals surface area contributed by atoms with Crippen LogP contribution >= 0.6 is 0 Å². The van der Waals surface area contributed by atoms with Gasteiger partial charge in [0.05, 0.1) is 18.8 Å². The van der Waals surface area contributed by atoms with Crippen molar-refractivity contribution in [2.24, 2.45) is 17.5 Å². The molecule has 0 radical (unpaired) electrons. The van der Waals surface area contributed by atoms with E-state index in [-0.39, 0.29) is 18.1 Å². The second-order valence-electron chi connectivity index (χ2n) is 7.04. The van der Waals surface area contributed by atoms with E-state index in [1.165, 1.54) is 11.3 Å². The molecule has 0 fully saturated rings. The second-order valence-corrected chi connectivity index (χ2v) is 7.04. The Bertz CT molecular complexity index is 546. The minimum absolute atomic E-state index is 0.149. The minimum Gasteiger partial charge on any atom is -0.396 e. The number of hydrogen-bond acceptors (Lipinski definition) is 3. The molecule has 0 aliphatic heterocycles. The normalized spacial score (nSPS) is 15.9. The Hall–Kier alpha value is -1.56. The first-order valence-corrected chi connectivity index (χ1v) is 8.91. The van der Waals surface area contributed by atoms with Gasteiger partial charge in [0.2, 0.25) is 0 Å². The van der Waals surface area contributed by atoms with Crippen molar-refractivity contribution in [3.63, 3.8) is 0 Å². The lowest BCUT2D eigenvalue weighted by molar-refractivity contribution is 0.145. The molecule has 0 saturated heterocycles. The first-order chi connectivity index (χ1) is 11.3. The average molecular weight is 338 g/mol. The van der Waals surface area contributed by atoms with Crippen LogP contribution in [0.4, 0.5) is 0 Å². The molecule has 2 unspecified atom stereocenters. The Morgan fingerprint density at radius 1 is 1.38 bits per heavy atom. The number of aryl methyl sites for hydroxylation is 2. The van der Waals surface area contributed by atoms with Crippen LogP contribution in [0.15, 0.2) is 4.99 Å². The van der Waals surface area contributed by atoms with Crippen molar-refractivity contribution in [3.8, 4) is 0 Å². The summed E-state index contributed by atoms with van der Waals surface area (Å²) in [6.07, 6.45) is 1.80. The van der Waals surface area contributed by atoms with E-state index >= 15 is 0 Å². The molecule has 138 valence electrons. The summed E-state index contributed by atoms with van der Waals surface area (Å²) in [4.78, 5) is 4.67. The van der Waals surface area contributed by atoms with Gasteiger partial charge in [0.1, 0.15) is 0 Å². The highest BCUT2D eigenvalue weighted by atomic mass is 16.3. The number of guanidine groups is 1. The quantitative estimate of drug-likeness (QED) is 0.500. The Morgan fingerprint density at radius 3 is 2.50 bits per heavy atom. The van der Waals surface area contributed by atoms with Gasteiger partial charge in [-0.2, -0.15) is 5.10 Å². The summed E-state index contributed by atoms with van der Waals surface area (Å²) in [5.41, 5.74) is 3.43. The molecule has 1 rings (SSSR count). The molecule has 0 aliphatic carbocycles. The van der Waals surface area contributed by atoms with Crippen LogP contribution in [0.5, 0.6) is 0 Å². The van der Waals surface area contributed by atoms with Gasteiger partial charge in [0.25, 0.3) is 0 Å². The fourth-order valence-electron chi connectivity index (χ4n) is 2.57. The molecule has 6 heteroatoms. The van der Waals surface area contributed by atoms with Crippen LogP contribution in [-0.2, 0) is 13.5 Å². The van der Waals surface area contributed by atoms with Crippen LogP contribution in [0.1, 0.15) is 51.1 Å². The summed E-state index contributed by atoms with van der Waals surface area (Å²) in [5, 5.41) is 20.8. The molecular weight excluding hydrogens is 302 g/mol. The molecule has 0 saturated carbocycles. The van der Waals surface area contributed by atoms with Crippen molar-refractivity contribution >= 4 is 5.96 Å². The van der Waals surface area contributed by atoms with Crippen molar-refractivity contribution < 1.29 is 5.11 Å². The molecule has 1 aromatic rings. The zero-order valence-corrected chi connectivity index (χ0v) is 16.4. The fraction of sp³-hybridized carbons (Fsp3) is 0.778. The maximum Gasteiger partial charge on any atom is 0.191 e. The largest absolute Gasteiger partial charge is 0.396 e. The summed E-state index contributed by atoms with van der Waals surface area (Å²) >= 11 is 0. The number of aliphatic hydroxyl groups excluding tert-OH is 1. The molecule has 0 aromatic carbocycles. The zero-order chi connectivity index (χ0) is 18.3. The number of hydrogen-bond donors (Lipinski definition) is 3. The standard InChI is InChI=1S/C18H35N5O/c1-8-18(6,12-24)11-20-17(19-9-2)21-13(3)10-16-14(4)22-23(7)15(16)5/h13,24H,8-12H2,1-7H3,(H2,19,20,21). The molecule has 6 nitrogen and oxygen atoms in total. The van der Waals surface area contributed by atoms with E-state index < -0.39 is 0 Å². The van der Waals surface area contributed by atoms with Gasteiger partial charge in [-0.1, -0.05) is 13.8 Å². The lowest BCUT2D eigenvalue weighted by atomic mass is 9.89. The number of aromatic nitrogens is 2. The third kappa shape index (κ3) is 5.51. The van der Waals surface area contributed by atoms with E-state index in [1.807, 2.05) is 11.7 Å². The number of aliphatic hydroxyl groups is 1. The molecule has 24 heavy (non-hydrogen) atoms. The Balaban J connectivity index is 2.77. The third-order valence-electron chi connectivity index (χ3n) is 4.75. The minimum atomic E-state index is -0.165. The van der Waals surface area contributed by atoms with E-state index in [1.54, 1.807) is 0 Å². The summed E-state index contributed by atoms with van der Waals surface area (Å²) in [6.45, 7) is 14.1. The molecule has 0 amide bonds. The molecule has 0 spiro atoms. The van der Waals surface area contributed by atoms with Crippen LogP contribution in [-0.4, -0.2) is 46.6 Å². The molecule has 0 aliphatic rings. The number of rotatable bonds is 8. The van der Waals surface area contributed by atoms with Crippen LogP contribution in [0, 0.1) is 19.3 Å². The number of nitrogens with one attached hydrogen (secondary N) is 2. The Kier molecular flexibility index (Phi) is 7.73. The number of nitrogens with zero attached hydrogens (tertiary/aromatic N) is 3. The predicted molar refractivity (Wildman–Crippen MR) is 100 cm³/mol. The van der Waals surface area contributed by atoms with Crippen molar-refractivity contribution in [3.05, 3.63) is 17.0 Å². The van der Waals surface area contributed by atoms with Gasteiger partial charge >= 0.3 is 0 Å². The van der Waals surface area contributed by atoms with E-state index in [0.29, 0.717) is 6.54 Å². The van der Waals surface area contributed by atoms with Gasteiger partial charge < -0.3 is 15.7 Å². The molecular formula is C18H35N5O. The highest BCUT2D eigenvalue weighted by Crippen LogP contribution is 2.20. The Morgan fingerprint density at radius 2 is 2.04 bits per heavy atom. The summed E-state index contributed by atoms with van der Waals surface area (Å²) < 4.78 is 1.94.